The zero-order valence-electron chi connectivity index (χ0n) is 24.8. The van der Waals surface area contributed by atoms with Crippen LogP contribution in [0.25, 0.3) is 0 Å². The topological polar surface area (TPSA) is 52.5 Å². The van der Waals surface area contributed by atoms with Gasteiger partial charge in [0.05, 0.1) is 11.4 Å². The maximum absolute atomic E-state index is 11.8. The second-order valence-corrected chi connectivity index (χ2v) is 11.1. The summed E-state index contributed by atoms with van der Waals surface area (Å²) < 4.78 is 0. The molecule has 0 fully saturated rings. The van der Waals surface area contributed by atoms with Crippen LogP contribution in [-0.2, 0) is 26.2 Å². The Balaban J connectivity index is 1.46. The van der Waals surface area contributed by atoms with Crippen molar-refractivity contribution in [3.63, 3.8) is 0 Å². The molecule has 0 saturated heterocycles. The van der Waals surface area contributed by atoms with Crippen LogP contribution in [0.5, 0.6) is 5.75 Å². The number of aromatic hydroxyl groups is 1. The van der Waals surface area contributed by atoms with Crippen molar-refractivity contribution in [2.24, 2.45) is 0 Å². The van der Waals surface area contributed by atoms with E-state index in [1.165, 1.54) is 11.1 Å². The van der Waals surface area contributed by atoms with Gasteiger partial charge in [0.2, 0.25) is 0 Å². The van der Waals surface area contributed by atoms with Gasteiger partial charge in [0, 0.05) is 61.8 Å². The summed E-state index contributed by atoms with van der Waals surface area (Å²) in [7, 11) is 0. The molecule has 0 radical (unpaired) electrons. The van der Waals surface area contributed by atoms with Gasteiger partial charge in [-0.2, -0.15) is 0 Å². The van der Waals surface area contributed by atoms with Gasteiger partial charge in [0.25, 0.3) is 0 Å². The molecule has 3 aromatic carbocycles. The molecular formula is C37H40N4O. The number of nitrogens with zero attached hydrogens (tertiary/aromatic N) is 4. The lowest BCUT2D eigenvalue weighted by molar-refractivity contribution is 0.182. The Morgan fingerprint density at radius 2 is 0.976 bits per heavy atom. The van der Waals surface area contributed by atoms with Gasteiger partial charge in [0.1, 0.15) is 5.75 Å². The van der Waals surface area contributed by atoms with E-state index in [4.69, 9.17) is 0 Å². The van der Waals surface area contributed by atoms with Crippen molar-refractivity contribution in [3.05, 3.63) is 161 Å². The number of benzene rings is 3. The number of rotatable bonds is 12. The van der Waals surface area contributed by atoms with Gasteiger partial charge < -0.3 is 5.11 Å². The quantitative estimate of drug-likeness (QED) is 0.169. The number of pyridine rings is 2. The fourth-order valence-corrected chi connectivity index (χ4v) is 5.56. The van der Waals surface area contributed by atoms with Crippen molar-refractivity contribution in [3.8, 4) is 5.75 Å². The van der Waals surface area contributed by atoms with Crippen LogP contribution in [0.3, 0.4) is 0 Å². The average molecular weight is 557 g/mol. The highest BCUT2D eigenvalue weighted by Gasteiger charge is 2.23. The molecule has 2 atom stereocenters. The van der Waals surface area contributed by atoms with E-state index >= 15 is 0 Å². The first-order valence-corrected chi connectivity index (χ1v) is 14.7. The second kappa shape index (κ2) is 14.0. The lowest BCUT2D eigenvalue weighted by Gasteiger charge is -2.31. The van der Waals surface area contributed by atoms with Crippen LogP contribution < -0.4 is 0 Å². The molecule has 0 aliphatic carbocycles. The fraction of sp³-hybridized carbons (Fsp3) is 0.243. The third-order valence-corrected chi connectivity index (χ3v) is 8.00. The summed E-state index contributed by atoms with van der Waals surface area (Å²) in [5, 5.41) is 11.8. The minimum atomic E-state index is 0.135. The fourth-order valence-electron chi connectivity index (χ4n) is 5.56. The molecule has 2 heterocycles. The smallest absolute Gasteiger partial charge is 0.124 e. The molecular weight excluding hydrogens is 516 g/mol. The Kier molecular flexibility index (Phi) is 9.75. The summed E-state index contributed by atoms with van der Waals surface area (Å²) in [5.74, 6) is 0.359. The Labute approximate surface area is 250 Å². The monoisotopic (exact) mass is 556 g/mol. The summed E-state index contributed by atoms with van der Waals surface area (Å²) in [6, 6.07) is 37.6. The first kappa shape index (κ1) is 29.2. The Bertz CT molecular complexity index is 1410. The highest BCUT2D eigenvalue weighted by atomic mass is 16.3. The molecule has 2 aromatic heterocycles. The van der Waals surface area contributed by atoms with Gasteiger partial charge in [-0.1, -0.05) is 90.5 Å². The van der Waals surface area contributed by atoms with E-state index in [1.54, 1.807) is 0 Å². The number of hydrogen-bond donors (Lipinski definition) is 1. The maximum Gasteiger partial charge on any atom is 0.124 e. The number of phenols is 1. The van der Waals surface area contributed by atoms with E-state index < -0.39 is 0 Å². The molecule has 0 aliphatic rings. The first-order valence-electron chi connectivity index (χ1n) is 14.7. The minimum absolute atomic E-state index is 0.135. The molecule has 214 valence electrons. The lowest BCUT2D eigenvalue weighted by Crippen LogP contribution is -2.28. The zero-order valence-corrected chi connectivity index (χ0v) is 24.8. The first-order chi connectivity index (χ1) is 20.5. The number of phenolic OH excluding ortho intramolecular Hbond substituents is 1. The summed E-state index contributed by atoms with van der Waals surface area (Å²) in [6.07, 6.45) is 3.68. The van der Waals surface area contributed by atoms with Crippen LogP contribution in [-0.4, -0.2) is 24.9 Å². The molecule has 0 spiro atoms. The van der Waals surface area contributed by atoms with Gasteiger partial charge >= 0.3 is 0 Å². The van der Waals surface area contributed by atoms with Crippen molar-refractivity contribution < 1.29 is 5.11 Å². The van der Waals surface area contributed by atoms with Gasteiger partial charge in [-0.3, -0.25) is 19.8 Å². The largest absolute Gasteiger partial charge is 0.507 e. The van der Waals surface area contributed by atoms with Gasteiger partial charge in [0.15, 0.2) is 0 Å². The van der Waals surface area contributed by atoms with Crippen LogP contribution in [0.15, 0.2) is 122 Å². The van der Waals surface area contributed by atoms with Crippen molar-refractivity contribution in [1.82, 2.24) is 19.8 Å². The van der Waals surface area contributed by atoms with Crippen molar-refractivity contribution in [2.75, 3.05) is 0 Å². The highest BCUT2D eigenvalue weighted by Crippen LogP contribution is 2.33. The molecule has 0 aliphatic heterocycles. The van der Waals surface area contributed by atoms with E-state index in [9.17, 15) is 5.11 Å². The van der Waals surface area contributed by atoms with Crippen LogP contribution in [0.2, 0.25) is 0 Å². The van der Waals surface area contributed by atoms with E-state index in [2.05, 4.69) is 113 Å². The molecule has 0 unspecified atom stereocenters. The average Bonchev–Trinajstić information content (AvgIpc) is 3.03. The summed E-state index contributed by atoms with van der Waals surface area (Å²) in [5.41, 5.74) is 7.46. The Morgan fingerprint density at radius 1 is 0.571 bits per heavy atom. The van der Waals surface area contributed by atoms with Crippen molar-refractivity contribution >= 4 is 0 Å². The highest BCUT2D eigenvalue weighted by molar-refractivity contribution is 5.44. The van der Waals surface area contributed by atoms with E-state index in [0.717, 1.165) is 28.1 Å². The van der Waals surface area contributed by atoms with E-state index in [0.29, 0.717) is 31.9 Å². The van der Waals surface area contributed by atoms with Crippen molar-refractivity contribution in [2.45, 2.75) is 59.0 Å². The van der Waals surface area contributed by atoms with Crippen LogP contribution in [0.1, 0.15) is 65.1 Å². The number of hydrogen-bond acceptors (Lipinski definition) is 5. The molecule has 0 amide bonds. The zero-order chi connectivity index (χ0) is 29.3. The molecule has 5 nitrogen and oxygen atoms in total. The Morgan fingerprint density at radius 3 is 1.36 bits per heavy atom. The molecule has 5 rings (SSSR count). The van der Waals surface area contributed by atoms with Crippen LogP contribution in [0, 0.1) is 6.92 Å². The van der Waals surface area contributed by atoms with Gasteiger partial charge in [-0.15, -0.1) is 0 Å². The standard InChI is InChI=1S/C37H40N4O/c1-28-22-33(24-40(26-35-18-10-12-20-38-35)29(2)31-14-6-4-7-15-31)37(42)34(23-28)25-41(27-36-19-11-13-21-39-36)30(3)32-16-8-5-9-17-32/h4-23,29-30,42H,24-27H2,1-3H3/t29-,30-/m0/s1. The number of aromatic nitrogens is 2. The molecule has 0 bridgehead atoms. The van der Waals surface area contributed by atoms with Crippen molar-refractivity contribution in [1.29, 1.82) is 0 Å². The summed E-state index contributed by atoms with van der Waals surface area (Å²) >= 11 is 0. The number of aryl methyl sites for hydroxylation is 1. The third-order valence-electron chi connectivity index (χ3n) is 8.00. The summed E-state index contributed by atoms with van der Waals surface area (Å²) in [4.78, 5) is 14.0. The molecule has 5 aromatic rings. The summed E-state index contributed by atoms with van der Waals surface area (Å²) in [6.45, 7) is 9.11. The molecule has 0 saturated carbocycles. The maximum atomic E-state index is 11.8. The normalized spacial score (nSPS) is 12.9. The van der Waals surface area contributed by atoms with Gasteiger partial charge in [-0.05, 0) is 56.2 Å². The van der Waals surface area contributed by atoms with E-state index in [-0.39, 0.29) is 12.1 Å². The van der Waals surface area contributed by atoms with Crippen LogP contribution in [0.4, 0.5) is 0 Å². The predicted molar refractivity (Wildman–Crippen MR) is 170 cm³/mol. The molecule has 5 heteroatoms. The van der Waals surface area contributed by atoms with E-state index in [1.807, 2.05) is 48.8 Å². The minimum Gasteiger partial charge on any atom is -0.507 e. The van der Waals surface area contributed by atoms with Crippen LogP contribution >= 0.6 is 0 Å². The second-order valence-electron chi connectivity index (χ2n) is 11.1. The Hall–Kier alpha value is -4.32. The molecule has 1 N–H and O–H groups in total. The predicted octanol–water partition coefficient (Wildman–Crippen LogP) is 8.02. The molecule has 42 heavy (non-hydrogen) atoms. The SMILES string of the molecule is Cc1cc(CN(Cc2ccccn2)[C@@H](C)c2ccccc2)c(O)c(CN(Cc2ccccn2)[C@@H](C)c2ccccc2)c1. The lowest BCUT2D eigenvalue weighted by atomic mass is 10.00. The third kappa shape index (κ3) is 7.49. The van der Waals surface area contributed by atoms with Gasteiger partial charge in [-0.25, -0.2) is 0 Å².